The van der Waals surface area contributed by atoms with Gasteiger partial charge in [0.1, 0.15) is 0 Å². The number of anilines is 1. The first-order valence-electron chi connectivity index (χ1n) is 9.81. The molecule has 1 aromatic carbocycles. The van der Waals surface area contributed by atoms with Crippen LogP contribution in [-0.2, 0) is 6.18 Å². The number of alkyl halides is 3. The van der Waals surface area contributed by atoms with Crippen LogP contribution >= 0.6 is 11.8 Å². The van der Waals surface area contributed by atoms with Gasteiger partial charge in [0.2, 0.25) is 0 Å². The van der Waals surface area contributed by atoms with Crippen molar-refractivity contribution in [3.05, 3.63) is 23.8 Å². The second-order valence-corrected chi connectivity index (χ2v) is 8.54. The highest BCUT2D eigenvalue weighted by Gasteiger charge is 2.38. The van der Waals surface area contributed by atoms with Crippen LogP contribution in [-0.4, -0.2) is 42.4 Å². The molecule has 6 heteroatoms. The maximum Gasteiger partial charge on any atom is 0.416 e. The van der Waals surface area contributed by atoms with Crippen molar-refractivity contribution in [2.75, 3.05) is 31.1 Å². The Morgan fingerprint density at radius 3 is 2.54 bits per heavy atom. The molecule has 0 radical (unpaired) electrons. The van der Waals surface area contributed by atoms with Crippen molar-refractivity contribution in [2.45, 2.75) is 68.3 Å². The van der Waals surface area contributed by atoms with E-state index in [4.69, 9.17) is 0 Å². The van der Waals surface area contributed by atoms with E-state index < -0.39 is 11.7 Å². The smallest absolute Gasteiger partial charge is 0.365 e. The van der Waals surface area contributed by atoms with Gasteiger partial charge in [-0.25, -0.2) is 0 Å². The lowest BCUT2D eigenvalue weighted by molar-refractivity contribution is -0.137. The van der Waals surface area contributed by atoms with E-state index in [-0.39, 0.29) is 0 Å². The minimum Gasteiger partial charge on any atom is -0.365 e. The summed E-state index contributed by atoms with van der Waals surface area (Å²) in [6.45, 7) is 7.93. The van der Waals surface area contributed by atoms with E-state index in [0.29, 0.717) is 11.3 Å². The molecule has 2 atom stereocenters. The lowest BCUT2D eigenvalue weighted by atomic mass is 10.0. The summed E-state index contributed by atoms with van der Waals surface area (Å²) in [5.41, 5.74) is 0.261. The molecule has 1 heterocycles. The van der Waals surface area contributed by atoms with E-state index in [1.54, 1.807) is 17.8 Å². The van der Waals surface area contributed by atoms with E-state index in [0.717, 1.165) is 49.6 Å². The maximum absolute atomic E-state index is 13.3. The fourth-order valence-corrected chi connectivity index (χ4v) is 5.68. The molecule has 26 heavy (non-hydrogen) atoms. The number of hydrogen-bond acceptors (Lipinski definition) is 3. The van der Waals surface area contributed by atoms with Gasteiger partial charge in [-0.15, -0.1) is 11.8 Å². The van der Waals surface area contributed by atoms with Crippen molar-refractivity contribution >= 4 is 17.4 Å². The first kappa shape index (κ1) is 19.9. The summed E-state index contributed by atoms with van der Waals surface area (Å²) < 4.78 is 39.8. The molecule has 2 unspecified atom stereocenters. The number of halogens is 3. The summed E-state index contributed by atoms with van der Waals surface area (Å²) in [4.78, 5) is 5.66. The Morgan fingerprint density at radius 1 is 1.12 bits per heavy atom. The normalized spacial score (nSPS) is 23.5. The average molecular weight is 387 g/mol. The molecule has 146 valence electrons. The molecule has 0 aromatic heterocycles. The zero-order chi connectivity index (χ0) is 18.7. The van der Waals surface area contributed by atoms with Gasteiger partial charge >= 0.3 is 6.18 Å². The second-order valence-electron chi connectivity index (χ2n) is 7.26. The molecule has 1 fully saturated rings. The summed E-state index contributed by atoms with van der Waals surface area (Å²) in [6, 6.07) is 4.67. The van der Waals surface area contributed by atoms with Gasteiger partial charge in [-0.3, -0.25) is 0 Å². The van der Waals surface area contributed by atoms with E-state index in [1.807, 2.05) is 0 Å². The van der Waals surface area contributed by atoms with E-state index in [1.165, 1.54) is 31.4 Å². The van der Waals surface area contributed by atoms with Crippen LogP contribution in [0.1, 0.15) is 51.5 Å². The highest BCUT2D eigenvalue weighted by molar-refractivity contribution is 8.00. The monoisotopic (exact) mass is 386 g/mol. The molecule has 1 aliphatic carbocycles. The summed E-state index contributed by atoms with van der Waals surface area (Å²) in [5.74, 6) is 0. The van der Waals surface area contributed by atoms with Gasteiger partial charge in [-0.2, -0.15) is 13.2 Å². The van der Waals surface area contributed by atoms with Gasteiger partial charge in [0, 0.05) is 29.3 Å². The second kappa shape index (κ2) is 8.42. The van der Waals surface area contributed by atoms with Gasteiger partial charge in [0.25, 0.3) is 0 Å². The van der Waals surface area contributed by atoms with Crippen molar-refractivity contribution in [3.63, 3.8) is 0 Å². The Morgan fingerprint density at radius 2 is 1.85 bits per heavy atom. The fraction of sp³-hybridized carbons (Fsp3) is 0.700. The van der Waals surface area contributed by atoms with Gasteiger partial charge < -0.3 is 9.80 Å². The number of rotatable bonds is 5. The molecule has 2 aliphatic rings. The van der Waals surface area contributed by atoms with Gasteiger partial charge in [-0.05, 0) is 44.1 Å². The molecule has 0 spiro atoms. The average Bonchev–Trinajstić information content (AvgIpc) is 2.85. The first-order chi connectivity index (χ1) is 12.4. The first-order valence-corrected chi connectivity index (χ1v) is 10.7. The van der Waals surface area contributed by atoms with Crippen molar-refractivity contribution < 1.29 is 13.2 Å². The maximum atomic E-state index is 13.3. The number of fused-ring (bicyclic) bond motifs is 2. The SMILES string of the molecule is CCN(CC)CCN1c2cc(C(F)(F)F)ccc2SC2CCCCCC21. The molecule has 0 bridgehead atoms. The molecule has 0 N–H and O–H groups in total. The number of thioether (sulfide) groups is 1. The third-order valence-electron chi connectivity index (χ3n) is 5.74. The quantitative estimate of drug-likeness (QED) is 0.645. The van der Waals surface area contributed by atoms with Crippen LogP contribution in [0.4, 0.5) is 18.9 Å². The standard InChI is InChI=1S/C20H29F3N2S/c1-3-24(4-2)12-13-25-16-8-6-5-7-9-18(16)26-19-11-10-15(14-17(19)25)20(21,22)23/h10-11,14,16,18H,3-9,12-13H2,1-2H3. The molecule has 2 nitrogen and oxygen atoms in total. The Kier molecular flexibility index (Phi) is 6.44. The van der Waals surface area contributed by atoms with Gasteiger partial charge in [0.15, 0.2) is 0 Å². The minimum atomic E-state index is -4.29. The number of benzene rings is 1. The summed E-state index contributed by atoms with van der Waals surface area (Å²) in [6.07, 6.45) is 1.61. The molecular formula is C20H29F3N2S. The summed E-state index contributed by atoms with van der Waals surface area (Å²) in [5, 5.41) is 0.499. The number of hydrogen-bond donors (Lipinski definition) is 0. The Hall–Kier alpha value is -0.880. The van der Waals surface area contributed by atoms with Crippen molar-refractivity contribution in [2.24, 2.45) is 0 Å². The topological polar surface area (TPSA) is 6.48 Å². The lowest BCUT2D eigenvalue weighted by Crippen LogP contribution is -2.48. The van der Waals surface area contributed by atoms with Crippen LogP contribution < -0.4 is 4.90 Å². The van der Waals surface area contributed by atoms with E-state index in [2.05, 4.69) is 23.6 Å². The molecule has 1 aromatic rings. The number of likely N-dealkylation sites (N-methyl/N-ethyl adjacent to an activating group) is 1. The zero-order valence-corrected chi connectivity index (χ0v) is 16.5. The van der Waals surface area contributed by atoms with E-state index in [9.17, 15) is 13.2 Å². The van der Waals surface area contributed by atoms with Crippen molar-refractivity contribution in [3.8, 4) is 0 Å². The molecular weight excluding hydrogens is 357 g/mol. The van der Waals surface area contributed by atoms with E-state index >= 15 is 0 Å². The largest absolute Gasteiger partial charge is 0.416 e. The highest BCUT2D eigenvalue weighted by atomic mass is 32.2. The lowest BCUT2D eigenvalue weighted by Gasteiger charge is -2.44. The van der Waals surface area contributed by atoms with Crippen LogP contribution in [0.3, 0.4) is 0 Å². The molecule has 1 aliphatic heterocycles. The predicted molar refractivity (Wildman–Crippen MR) is 103 cm³/mol. The van der Waals surface area contributed by atoms with Crippen LogP contribution in [0, 0.1) is 0 Å². The summed E-state index contributed by atoms with van der Waals surface area (Å²) >= 11 is 1.80. The zero-order valence-electron chi connectivity index (χ0n) is 15.7. The number of nitrogens with zero attached hydrogens (tertiary/aromatic N) is 2. The Labute approximate surface area is 159 Å². The third-order valence-corrected chi connectivity index (χ3v) is 7.20. The van der Waals surface area contributed by atoms with Gasteiger partial charge in [-0.1, -0.05) is 33.1 Å². The van der Waals surface area contributed by atoms with Crippen molar-refractivity contribution in [1.29, 1.82) is 0 Å². The fourth-order valence-electron chi connectivity index (χ4n) is 4.18. The molecule has 3 rings (SSSR count). The Balaban J connectivity index is 1.93. The summed E-state index contributed by atoms with van der Waals surface area (Å²) in [7, 11) is 0. The highest BCUT2D eigenvalue weighted by Crippen LogP contribution is 2.47. The Bertz CT molecular complexity index is 601. The van der Waals surface area contributed by atoms with Gasteiger partial charge in [0.05, 0.1) is 11.3 Å². The molecule has 0 amide bonds. The van der Waals surface area contributed by atoms with Crippen LogP contribution in [0.25, 0.3) is 0 Å². The molecule has 1 saturated carbocycles. The molecule has 0 saturated heterocycles. The van der Waals surface area contributed by atoms with Crippen LogP contribution in [0.5, 0.6) is 0 Å². The minimum absolute atomic E-state index is 0.356. The van der Waals surface area contributed by atoms with Crippen LogP contribution in [0.2, 0.25) is 0 Å². The van der Waals surface area contributed by atoms with Crippen LogP contribution in [0.15, 0.2) is 23.1 Å². The van der Waals surface area contributed by atoms with Crippen molar-refractivity contribution in [1.82, 2.24) is 4.90 Å². The third kappa shape index (κ3) is 4.33. The predicted octanol–water partition coefficient (Wildman–Crippen LogP) is 5.66.